The molecule has 0 unspecified atom stereocenters. The van der Waals surface area contributed by atoms with E-state index < -0.39 is 10.0 Å². The maximum Gasteiger partial charge on any atom is 0.240 e. The zero-order chi connectivity index (χ0) is 15.6. The van der Waals surface area contributed by atoms with Gasteiger partial charge in [-0.3, -0.25) is 0 Å². The highest BCUT2D eigenvalue weighted by molar-refractivity contribution is 7.89. The Bertz CT molecular complexity index is 491. The van der Waals surface area contributed by atoms with Crippen LogP contribution in [0, 0.1) is 0 Å². The van der Waals surface area contributed by atoms with Crippen molar-refractivity contribution in [3.8, 4) is 0 Å². The van der Waals surface area contributed by atoms with Gasteiger partial charge in [0, 0.05) is 18.1 Å². The first kappa shape index (κ1) is 18.4. The number of aliphatic hydroxyl groups excluding tert-OH is 1. The van der Waals surface area contributed by atoms with E-state index in [4.69, 9.17) is 16.7 Å². The fourth-order valence-corrected chi connectivity index (χ4v) is 3.04. The predicted octanol–water partition coefficient (Wildman–Crippen LogP) is 1.76. The second-order valence-electron chi connectivity index (χ2n) is 4.74. The van der Waals surface area contributed by atoms with E-state index in [0.29, 0.717) is 18.1 Å². The average Bonchev–Trinajstić information content (AvgIpc) is 2.46. The number of unbranched alkanes of at least 4 members (excludes halogenated alkanes) is 3. The van der Waals surface area contributed by atoms with Crippen molar-refractivity contribution in [2.45, 2.75) is 30.6 Å². The molecule has 21 heavy (non-hydrogen) atoms. The van der Waals surface area contributed by atoms with Crippen LogP contribution in [0.3, 0.4) is 0 Å². The molecule has 0 radical (unpaired) electrons. The number of hydrogen-bond donors (Lipinski definition) is 3. The number of rotatable bonds is 11. The van der Waals surface area contributed by atoms with Gasteiger partial charge in [0.15, 0.2) is 0 Å². The number of nitrogens with one attached hydrogen (secondary N) is 2. The number of sulfonamides is 1. The fourth-order valence-electron chi connectivity index (χ4n) is 1.84. The highest BCUT2D eigenvalue weighted by Crippen LogP contribution is 2.13. The summed E-state index contributed by atoms with van der Waals surface area (Å²) in [6.07, 6.45) is 3.86. The molecule has 0 saturated carbocycles. The van der Waals surface area contributed by atoms with Gasteiger partial charge in [0.2, 0.25) is 10.0 Å². The Kier molecular flexibility index (Phi) is 8.87. The van der Waals surface area contributed by atoms with Crippen LogP contribution in [-0.4, -0.2) is 39.8 Å². The summed E-state index contributed by atoms with van der Waals surface area (Å²) in [5, 5.41) is 12.2. The number of hydrogen-bond acceptors (Lipinski definition) is 4. The highest BCUT2D eigenvalue weighted by atomic mass is 35.5. The van der Waals surface area contributed by atoms with E-state index in [-0.39, 0.29) is 11.5 Å². The molecule has 7 heteroatoms. The molecule has 0 heterocycles. The molecule has 0 bridgehead atoms. The van der Waals surface area contributed by atoms with E-state index in [1.807, 2.05) is 0 Å². The summed E-state index contributed by atoms with van der Waals surface area (Å²) < 4.78 is 26.5. The van der Waals surface area contributed by atoms with Gasteiger partial charge in [-0.15, -0.1) is 0 Å². The van der Waals surface area contributed by atoms with Crippen LogP contribution in [0.4, 0.5) is 0 Å². The summed E-state index contributed by atoms with van der Waals surface area (Å²) in [7, 11) is -3.43. The molecule has 1 aromatic rings. The van der Waals surface area contributed by atoms with Crippen molar-refractivity contribution in [2.24, 2.45) is 0 Å². The lowest BCUT2D eigenvalue weighted by Gasteiger charge is -2.07. The summed E-state index contributed by atoms with van der Waals surface area (Å²) in [5.41, 5.74) is 0. The van der Waals surface area contributed by atoms with Crippen LogP contribution < -0.4 is 10.0 Å². The van der Waals surface area contributed by atoms with Gasteiger partial charge in [-0.25, -0.2) is 13.1 Å². The first-order valence-electron chi connectivity index (χ1n) is 7.13. The molecule has 1 aromatic carbocycles. The number of aliphatic hydroxyl groups is 1. The minimum absolute atomic E-state index is 0.159. The van der Waals surface area contributed by atoms with Gasteiger partial charge in [-0.05, 0) is 43.7 Å². The van der Waals surface area contributed by atoms with E-state index in [9.17, 15) is 8.42 Å². The van der Waals surface area contributed by atoms with E-state index >= 15 is 0 Å². The minimum Gasteiger partial charge on any atom is -0.395 e. The van der Waals surface area contributed by atoms with Crippen molar-refractivity contribution in [1.82, 2.24) is 10.0 Å². The van der Waals surface area contributed by atoms with Crippen molar-refractivity contribution in [3.63, 3.8) is 0 Å². The lowest BCUT2D eigenvalue weighted by atomic mass is 10.2. The molecule has 0 atom stereocenters. The molecule has 0 spiro atoms. The van der Waals surface area contributed by atoms with E-state index in [1.165, 1.54) is 12.1 Å². The highest BCUT2D eigenvalue weighted by Gasteiger charge is 2.12. The quantitative estimate of drug-likeness (QED) is 0.539. The summed E-state index contributed by atoms with van der Waals surface area (Å²) in [5.74, 6) is 0. The standard InChI is InChI=1S/C14H23ClN2O3S/c15-13-5-7-14(8-6-13)21(19,20)17-10-4-2-1-3-9-16-11-12-18/h5-8,16-18H,1-4,9-12H2. The van der Waals surface area contributed by atoms with Crippen molar-refractivity contribution >= 4 is 21.6 Å². The number of halogens is 1. The Labute approximate surface area is 131 Å². The molecule has 1 rings (SSSR count). The third-order valence-corrected chi connectivity index (χ3v) is 4.71. The van der Waals surface area contributed by atoms with Gasteiger partial charge in [-0.1, -0.05) is 24.4 Å². The van der Waals surface area contributed by atoms with Crippen molar-refractivity contribution in [2.75, 3.05) is 26.2 Å². The molecule has 0 aliphatic heterocycles. The van der Waals surface area contributed by atoms with Crippen LogP contribution in [0.2, 0.25) is 5.02 Å². The minimum atomic E-state index is -3.43. The van der Waals surface area contributed by atoms with Gasteiger partial charge in [0.25, 0.3) is 0 Å². The van der Waals surface area contributed by atoms with Gasteiger partial charge in [0.05, 0.1) is 11.5 Å². The third-order valence-electron chi connectivity index (χ3n) is 2.98. The van der Waals surface area contributed by atoms with Gasteiger partial charge in [0.1, 0.15) is 0 Å². The van der Waals surface area contributed by atoms with Crippen LogP contribution in [0.5, 0.6) is 0 Å². The van der Waals surface area contributed by atoms with Gasteiger partial charge in [-0.2, -0.15) is 0 Å². The Morgan fingerprint density at radius 1 is 0.952 bits per heavy atom. The maximum atomic E-state index is 12.0. The Morgan fingerprint density at radius 2 is 1.57 bits per heavy atom. The van der Waals surface area contributed by atoms with Gasteiger partial charge < -0.3 is 10.4 Å². The largest absolute Gasteiger partial charge is 0.395 e. The van der Waals surface area contributed by atoms with Crippen LogP contribution in [-0.2, 0) is 10.0 Å². The molecule has 0 fully saturated rings. The summed E-state index contributed by atoms with van der Waals surface area (Å²) in [4.78, 5) is 0.236. The van der Waals surface area contributed by atoms with E-state index in [2.05, 4.69) is 10.0 Å². The number of benzene rings is 1. The van der Waals surface area contributed by atoms with Crippen LogP contribution in [0.1, 0.15) is 25.7 Å². The summed E-state index contributed by atoms with van der Waals surface area (Å²) in [6, 6.07) is 6.12. The van der Waals surface area contributed by atoms with E-state index in [0.717, 1.165) is 32.2 Å². The van der Waals surface area contributed by atoms with Crippen molar-refractivity contribution in [3.05, 3.63) is 29.3 Å². The third kappa shape index (κ3) is 7.78. The molecular weight excluding hydrogens is 312 g/mol. The summed E-state index contributed by atoms with van der Waals surface area (Å²) >= 11 is 5.73. The monoisotopic (exact) mass is 334 g/mol. The molecule has 0 aromatic heterocycles. The fraction of sp³-hybridized carbons (Fsp3) is 0.571. The second kappa shape index (κ2) is 10.1. The topological polar surface area (TPSA) is 78.4 Å². The molecule has 120 valence electrons. The summed E-state index contributed by atoms with van der Waals surface area (Å²) in [6.45, 7) is 2.11. The second-order valence-corrected chi connectivity index (χ2v) is 6.94. The predicted molar refractivity (Wildman–Crippen MR) is 85.1 cm³/mol. The van der Waals surface area contributed by atoms with Crippen LogP contribution in [0.15, 0.2) is 29.2 Å². The van der Waals surface area contributed by atoms with Crippen molar-refractivity contribution < 1.29 is 13.5 Å². The van der Waals surface area contributed by atoms with E-state index in [1.54, 1.807) is 12.1 Å². The molecule has 0 saturated heterocycles. The first-order chi connectivity index (χ1) is 10.1. The zero-order valence-corrected chi connectivity index (χ0v) is 13.6. The lowest BCUT2D eigenvalue weighted by molar-refractivity contribution is 0.292. The zero-order valence-electron chi connectivity index (χ0n) is 12.0. The first-order valence-corrected chi connectivity index (χ1v) is 8.99. The van der Waals surface area contributed by atoms with Gasteiger partial charge >= 0.3 is 0 Å². The smallest absolute Gasteiger partial charge is 0.240 e. The normalized spacial score (nSPS) is 11.7. The average molecular weight is 335 g/mol. The Balaban J connectivity index is 2.15. The lowest BCUT2D eigenvalue weighted by Crippen LogP contribution is -2.24. The Morgan fingerprint density at radius 3 is 2.19 bits per heavy atom. The maximum absolute atomic E-state index is 12.0. The molecule has 5 nitrogen and oxygen atoms in total. The van der Waals surface area contributed by atoms with Crippen LogP contribution in [0.25, 0.3) is 0 Å². The molecular formula is C14H23ClN2O3S. The molecule has 3 N–H and O–H groups in total. The SMILES string of the molecule is O=S(=O)(NCCCCCCNCCO)c1ccc(Cl)cc1. The molecule has 0 aliphatic carbocycles. The molecule has 0 amide bonds. The Hall–Kier alpha value is -0.660. The van der Waals surface area contributed by atoms with Crippen LogP contribution >= 0.6 is 11.6 Å². The molecule has 0 aliphatic rings. The van der Waals surface area contributed by atoms with Crippen molar-refractivity contribution in [1.29, 1.82) is 0 Å².